The van der Waals surface area contributed by atoms with E-state index in [1.54, 1.807) is 18.6 Å². The maximum absolute atomic E-state index is 4.86. The van der Waals surface area contributed by atoms with E-state index in [0.29, 0.717) is 11.7 Å². The summed E-state index contributed by atoms with van der Waals surface area (Å²) in [7, 11) is 2.07. The number of benzene rings is 1. The third kappa shape index (κ3) is 4.51. The zero-order chi connectivity index (χ0) is 21.0. The van der Waals surface area contributed by atoms with Gasteiger partial charge in [-0.05, 0) is 73.5 Å². The molecule has 5 rings (SSSR count). The van der Waals surface area contributed by atoms with Crippen LogP contribution in [0.4, 0.5) is 23.1 Å². The third-order valence-electron chi connectivity index (χ3n) is 5.88. The van der Waals surface area contributed by atoms with Crippen molar-refractivity contribution in [3.05, 3.63) is 71.8 Å². The average Bonchev–Trinajstić information content (AvgIpc) is 2.81. The quantitative estimate of drug-likeness (QED) is 0.577. The smallest absolute Gasteiger partial charge is 0.150 e. The molecule has 158 valence electrons. The van der Waals surface area contributed by atoms with Gasteiger partial charge in [-0.3, -0.25) is 4.98 Å². The van der Waals surface area contributed by atoms with Gasteiger partial charge in [0.2, 0.25) is 0 Å². The van der Waals surface area contributed by atoms with E-state index in [0.717, 1.165) is 42.5 Å². The van der Waals surface area contributed by atoms with Gasteiger partial charge in [-0.25, -0.2) is 9.97 Å². The van der Waals surface area contributed by atoms with Gasteiger partial charge >= 0.3 is 0 Å². The Kier molecular flexibility index (Phi) is 5.50. The van der Waals surface area contributed by atoms with Crippen LogP contribution in [0.1, 0.15) is 35.4 Å². The first-order valence-corrected chi connectivity index (χ1v) is 10.8. The van der Waals surface area contributed by atoms with Crippen molar-refractivity contribution < 1.29 is 0 Å². The number of rotatable bonds is 5. The summed E-state index contributed by atoms with van der Waals surface area (Å²) in [6.45, 7) is 3.01. The first-order chi connectivity index (χ1) is 15.2. The fourth-order valence-electron chi connectivity index (χ4n) is 4.21. The molecule has 1 aromatic carbocycles. The molecule has 7 nitrogen and oxygen atoms in total. The van der Waals surface area contributed by atoms with Gasteiger partial charge in [-0.15, -0.1) is 0 Å². The Morgan fingerprint density at radius 1 is 1.03 bits per heavy atom. The molecule has 0 radical (unpaired) electrons. The van der Waals surface area contributed by atoms with Gasteiger partial charge < -0.3 is 20.9 Å². The molecule has 0 amide bonds. The van der Waals surface area contributed by atoms with Gasteiger partial charge in [0, 0.05) is 37.2 Å². The van der Waals surface area contributed by atoms with E-state index in [9.17, 15) is 0 Å². The number of hydrogen-bond donors (Lipinski definition) is 3. The molecule has 3 N–H and O–H groups in total. The highest BCUT2D eigenvalue weighted by Crippen LogP contribution is 2.31. The van der Waals surface area contributed by atoms with Crippen LogP contribution in [0, 0.1) is 0 Å². The molecule has 4 heterocycles. The summed E-state index contributed by atoms with van der Waals surface area (Å²) in [5.74, 6) is 2.92. The Labute approximate surface area is 182 Å². The Morgan fingerprint density at radius 2 is 1.87 bits per heavy atom. The van der Waals surface area contributed by atoms with Crippen LogP contribution in [0.15, 0.2) is 55.1 Å². The van der Waals surface area contributed by atoms with Crippen molar-refractivity contribution in [3.8, 4) is 0 Å². The van der Waals surface area contributed by atoms with Crippen molar-refractivity contribution in [2.24, 2.45) is 0 Å². The highest BCUT2D eigenvalue weighted by atomic mass is 15.1. The second kappa shape index (κ2) is 8.73. The Bertz CT molecular complexity index is 1060. The number of piperidine rings is 1. The van der Waals surface area contributed by atoms with E-state index in [1.165, 1.54) is 24.0 Å². The van der Waals surface area contributed by atoms with Crippen LogP contribution in [0.3, 0.4) is 0 Å². The van der Waals surface area contributed by atoms with E-state index in [2.05, 4.69) is 80.5 Å². The van der Waals surface area contributed by atoms with Gasteiger partial charge in [0.05, 0.1) is 6.20 Å². The van der Waals surface area contributed by atoms with E-state index in [1.807, 2.05) is 0 Å². The summed E-state index contributed by atoms with van der Waals surface area (Å²) < 4.78 is 0. The molecular weight excluding hydrogens is 386 g/mol. The Hall–Kier alpha value is -3.45. The number of fused-ring (bicyclic) bond motifs is 1. The molecular formula is C24H27N7. The van der Waals surface area contributed by atoms with Crippen molar-refractivity contribution in [3.63, 3.8) is 0 Å². The van der Waals surface area contributed by atoms with Gasteiger partial charge in [-0.2, -0.15) is 0 Å². The van der Waals surface area contributed by atoms with Crippen LogP contribution in [-0.4, -0.2) is 40.0 Å². The maximum atomic E-state index is 4.86. The zero-order valence-electron chi connectivity index (χ0n) is 17.7. The lowest BCUT2D eigenvalue weighted by atomic mass is 9.90. The fraction of sp³-hybridized carbons (Fsp3) is 0.292. The summed E-state index contributed by atoms with van der Waals surface area (Å²) >= 11 is 0. The van der Waals surface area contributed by atoms with Crippen LogP contribution in [0.25, 0.3) is 6.08 Å². The van der Waals surface area contributed by atoms with E-state index >= 15 is 0 Å². The van der Waals surface area contributed by atoms with Gasteiger partial charge in [0.1, 0.15) is 17.5 Å². The molecule has 0 saturated carbocycles. The predicted molar refractivity (Wildman–Crippen MR) is 125 cm³/mol. The van der Waals surface area contributed by atoms with Crippen LogP contribution in [0.5, 0.6) is 0 Å². The van der Waals surface area contributed by atoms with Crippen LogP contribution in [0.2, 0.25) is 0 Å². The highest BCUT2D eigenvalue weighted by molar-refractivity contribution is 5.72. The molecule has 1 saturated heterocycles. The van der Waals surface area contributed by atoms with E-state index in [-0.39, 0.29) is 0 Å². The molecule has 3 aromatic rings. The fourth-order valence-corrected chi connectivity index (χ4v) is 4.21. The molecule has 2 aliphatic heterocycles. The Balaban J connectivity index is 1.42. The largest absolute Gasteiger partial charge is 0.376 e. The minimum absolute atomic E-state index is 0.652. The third-order valence-corrected chi connectivity index (χ3v) is 5.88. The molecule has 7 heteroatoms. The normalized spacial score (nSPS) is 16.1. The minimum atomic E-state index is 0.652. The number of nitrogens with zero attached hydrogens (tertiary/aromatic N) is 4. The summed E-state index contributed by atoms with van der Waals surface area (Å²) in [6.07, 6.45) is 11.6. The summed E-state index contributed by atoms with van der Waals surface area (Å²) in [4.78, 5) is 15.4. The summed E-state index contributed by atoms with van der Waals surface area (Å²) in [5, 5.41) is 10.3. The SMILES string of the molecule is CN1C=Cc2cc(Nc3cnccn3)nc(Nc3ccc(C4CCNCC4)cc3)c2C1. The summed E-state index contributed by atoms with van der Waals surface area (Å²) in [6, 6.07) is 10.9. The van der Waals surface area contributed by atoms with Gasteiger partial charge in [-0.1, -0.05) is 12.1 Å². The molecule has 0 spiro atoms. The van der Waals surface area contributed by atoms with Crippen molar-refractivity contribution in [2.45, 2.75) is 25.3 Å². The van der Waals surface area contributed by atoms with Gasteiger partial charge in [0.15, 0.2) is 0 Å². The topological polar surface area (TPSA) is 78.0 Å². The lowest BCUT2D eigenvalue weighted by Gasteiger charge is -2.25. The van der Waals surface area contributed by atoms with Crippen molar-refractivity contribution in [2.75, 3.05) is 30.8 Å². The number of anilines is 4. The maximum Gasteiger partial charge on any atom is 0.150 e. The first-order valence-electron chi connectivity index (χ1n) is 10.8. The number of pyridine rings is 1. The molecule has 2 aliphatic rings. The van der Waals surface area contributed by atoms with Crippen molar-refractivity contribution in [1.82, 2.24) is 25.2 Å². The van der Waals surface area contributed by atoms with E-state index < -0.39 is 0 Å². The van der Waals surface area contributed by atoms with Crippen molar-refractivity contribution in [1.29, 1.82) is 0 Å². The number of hydrogen-bond acceptors (Lipinski definition) is 7. The van der Waals surface area contributed by atoms with Crippen LogP contribution in [-0.2, 0) is 6.54 Å². The molecule has 1 fully saturated rings. The predicted octanol–water partition coefficient (Wildman–Crippen LogP) is 4.24. The molecule has 31 heavy (non-hydrogen) atoms. The molecule has 0 bridgehead atoms. The molecule has 2 aromatic heterocycles. The van der Waals surface area contributed by atoms with Crippen molar-refractivity contribution >= 4 is 29.2 Å². The monoisotopic (exact) mass is 413 g/mol. The first kappa shape index (κ1) is 19.5. The standard InChI is InChI=1S/C24H27N7/c1-31-13-8-19-14-22(29-23-15-26-11-12-27-23)30-24(21(19)16-31)28-20-4-2-17(3-5-20)18-6-9-25-10-7-18/h2-5,8,11-15,18,25H,6-7,9-10,16H2,1H3,(H2,27,28,29,30). The van der Waals surface area contributed by atoms with Gasteiger partial charge in [0.25, 0.3) is 0 Å². The molecule has 0 aliphatic carbocycles. The van der Waals surface area contributed by atoms with Crippen LogP contribution >= 0.6 is 0 Å². The second-order valence-corrected chi connectivity index (χ2v) is 8.14. The van der Waals surface area contributed by atoms with Crippen LogP contribution < -0.4 is 16.0 Å². The Morgan fingerprint density at radius 3 is 2.65 bits per heavy atom. The lowest BCUT2D eigenvalue weighted by Crippen LogP contribution is -2.26. The second-order valence-electron chi connectivity index (χ2n) is 8.14. The zero-order valence-corrected chi connectivity index (χ0v) is 17.7. The van der Waals surface area contributed by atoms with E-state index in [4.69, 9.17) is 4.98 Å². The number of nitrogens with one attached hydrogen (secondary N) is 3. The molecule has 0 atom stereocenters. The lowest BCUT2D eigenvalue weighted by molar-refractivity contribution is 0.448. The highest BCUT2D eigenvalue weighted by Gasteiger charge is 2.18. The molecule has 0 unspecified atom stereocenters. The number of aromatic nitrogens is 3. The summed E-state index contributed by atoms with van der Waals surface area (Å²) in [5.41, 5.74) is 4.79. The average molecular weight is 414 g/mol. The minimum Gasteiger partial charge on any atom is -0.376 e.